The van der Waals surface area contributed by atoms with Crippen LogP contribution in [0.3, 0.4) is 0 Å². The van der Waals surface area contributed by atoms with Gasteiger partial charge in [-0.1, -0.05) is 13.8 Å². The summed E-state index contributed by atoms with van der Waals surface area (Å²) in [4.78, 5) is 2.61. The van der Waals surface area contributed by atoms with Crippen LogP contribution in [0.1, 0.15) is 44.6 Å². The average Bonchev–Trinajstić information content (AvgIpc) is 3.05. The Bertz CT molecular complexity index is 413. The number of fused-ring (bicyclic) bond motifs is 2. The molecule has 0 spiro atoms. The van der Waals surface area contributed by atoms with Crippen LogP contribution < -0.4 is 5.32 Å². The van der Waals surface area contributed by atoms with Crippen molar-refractivity contribution in [1.82, 2.24) is 10.2 Å². The fraction of sp³-hybridized carbons (Fsp3) is 0.750. The summed E-state index contributed by atoms with van der Waals surface area (Å²) in [6.07, 6.45) is 4.27. The molecular weight excluding hydrogens is 236 g/mol. The zero-order chi connectivity index (χ0) is 13.2. The Morgan fingerprint density at radius 1 is 1.32 bits per heavy atom. The zero-order valence-electron chi connectivity index (χ0n) is 12.2. The largest absolute Gasteiger partial charge is 0.463 e. The van der Waals surface area contributed by atoms with Crippen molar-refractivity contribution in [1.29, 1.82) is 0 Å². The van der Waals surface area contributed by atoms with E-state index < -0.39 is 0 Å². The van der Waals surface area contributed by atoms with E-state index in [1.54, 1.807) is 0 Å². The molecule has 1 aromatic rings. The van der Waals surface area contributed by atoms with E-state index >= 15 is 0 Å². The smallest absolute Gasteiger partial charge is 0.118 e. The van der Waals surface area contributed by atoms with Crippen molar-refractivity contribution >= 4 is 0 Å². The van der Waals surface area contributed by atoms with Gasteiger partial charge in [0.05, 0.1) is 13.1 Å². The summed E-state index contributed by atoms with van der Waals surface area (Å²) in [7, 11) is 0. The van der Waals surface area contributed by atoms with E-state index in [1.807, 2.05) is 0 Å². The van der Waals surface area contributed by atoms with Crippen LogP contribution >= 0.6 is 0 Å². The molecule has 1 aromatic heterocycles. The van der Waals surface area contributed by atoms with E-state index in [0.29, 0.717) is 5.92 Å². The number of hydrogen-bond donors (Lipinski definition) is 1. The van der Waals surface area contributed by atoms with Gasteiger partial charge in [-0.15, -0.1) is 0 Å². The predicted molar refractivity (Wildman–Crippen MR) is 76.8 cm³/mol. The normalized spacial score (nSPS) is 26.7. The van der Waals surface area contributed by atoms with Crippen molar-refractivity contribution in [3.05, 3.63) is 23.7 Å². The second-order valence-corrected chi connectivity index (χ2v) is 6.66. The number of likely N-dealkylation sites (tertiary alicyclic amines) is 1. The van der Waals surface area contributed by atoms with Crippen molar-refractivity contribution in [2.45, 2.75) is 52.2 Å². The topological polar surface area (TPSA) is 28.4 Å². The first-order valence-electron chi connectivity index (χ1n) is 7.73. The van der Waals surface area contributed by atoms with Gasteiger partial charge in [-0.2, -0.15) is 0 Å². The van der Waals surface area contributed by atoms with Crippen molar-refractivity contribution < 1.29 is 4.42 Å². The monoisotopic (exact) mass is 262 g/mol. The molecule has 0 aromatic carbocycles. The Morgan fingerprint density at radius 3 is 2.84 bits per heavy atom. The van der Waals surface area contributed by atoms with Gasteiger partial charge < -0.3 is 9.73 Å². The molecule has 2 bridgehead atoms. The van der Waals surface area contributed by atoms with Crippen molar-refractivity contribution in [3.63, 3.8) is 0 Å². The summed E-state index contributed by atoms with van der Waals surface area (Å²) in [5, 5.41) is 3.43. The molecule has 0 amide bonds. The summed E-state index contributed by atoms with van der Waals surface area (Å²) in [5.41, 5.74) is 0. The number of nitrogens with one attached hydrogen (secondary N) is 1. The molecule has 1 aliphatic heterocycles. The third-order valence-corrected chi connectivity index (χ3v) is 4.45. The van der Waals surface area contributed by atoms with E-state index in [0.717, 1.165) is 43.1 Å². The van der Waals surface area contributed by atoms with Crippen molar-refractivity contribution in [2.75, 3.05) is 13.1 Å². The van der Waals surface area contributed by atoms with Crippen LogP contribution in [-0.2, 0) is 13.1 Å². The predicted octanol–water partition coefficient (Wildman–Crippen LogP) is 3.01. The van der Waals surface area contributed by atoms with E-state index in [9.17, 15) is 0 Å². The van der Waals surface area contributed by atoms with Gasteiger partial charge >= 0.3 is 0 Å². The molecule has 1 aliphatic carbocycles. The molecule has 2 aliphatic rings. The average molecular weight is 262 g/mol. The first kappa shape index (κ1) is 13.2. The Balaban J connectivity index is 1.48. The van der Waals surface area contributed by atoms with Crippen molar-refractivity contribution in [2.24, 2.45) is 11.8 Å². The third-order valence-electron chi connectivity index (χ3n) is 4.45. The Hall–Kier alpha value is -0.800. The highest BCUT2D eigenvalue weighted by atomic mass is 16.3. The Labute approximate surface area is 116 Å². The molecule has 0 radical (unpaired) electrons. The SMILES string of the molecule is CC(C)CNCc1ccc(CN2CC3CCC2C3)o1. The van der Waals surface area contributed by atoms with E-state index in [2.05, 4.69) is 36.2 Å². The maximum Gasteiger partial charge on any atom is 0.118 e. The molecule has 2 unspecified atom stereocenters. The molecule has 3 heteroatoms. The van der Waals surface area contributed by atoms with Gasteiger partial charge in [0.25, 0.3) is 0 Å². The van der Waals surface area contributed by atoms with E-state index in [1.165, 1.54) is 25.8 Å². The maximum atomic E-state index is 5.93. The number of furan rings is 1. The van der Waals surface area contributed by atoms with Gasteiger partial charge in [0, 0.05) is 12.6 Å². The third kappa shape index (κ3) is 3.21. The Kier molecular flexibility index (Phi) is 3.94. The van der Waals surface area contributed by atoms with Gasteiger partial charge in [0.15, 0.2) is 0 Å². The van der Waals surface area contributed by atoms with Crippen LogP contribution in [0.15, 0.2) is 16.5 Å². The molecule has 19 heavy (non-hydrogen) atoms. The molecule has 2 atom stereocenters. The van der Waals surface area contributed by atoms with Crippen LogP contribution in [0, 0.1) is 11.8 Å². The minimum atomic E-state index is 0.689. The van der Waals surface area contributed by atoms with Gasteiger partial charge in [0.1, 0.15) is 11.5 Å². The molecule has 3 rings (SSSR count). The lowest BCUT2D eigenvalue weighted by Crippen LogP contribution is -2.31. The van der Waals surface area contributed by atoms with Crippen LogP contribution in [0.4, 0.5) is 0 Å². The lowest BCUT2D eigenvalue weighted by molar-refractivity contribution is 0.189. The Morgan fingerprint density at radius 2 is 2.16 bits per heavy atom. The number of hydrogen-bond acceptors (Lipinski definition) is 3. The summed E-state index contributed by atoms with van der Waals surface area (Å²) in [6, 6.07) is 5.10. The maximum absolute atomic E-state index is 5.93. The number of nitrogens with zero attached hydrogens (tertiary/aromatic N) is 1. The van der Waals surface area contributed by atoms with Crippen LogP contribution in [0.5, 0.6) is 0 Å². The first-order valence-corrected chi connectivity index (χ1v) is 7.73. The standard InChI is InChI=1S/C16H26N2O/c1-12(2)8-17-9-15-5-6-16(19-15)11-18-10-13-3-4-14(18)7-13/h5-6,12-14,17H,3-4,7-11H2,1-2H3. The molecule has 2 heterocycles. The number of piperidine rings is 1. The molecule has 2 fully saturated rings. The lowest BCUT2D eigenvalue weighted by Gasteiger charge is -2.25. The quantitative estimate of drug-likeness (QED) is 0.854. The molecule has 1 N–H and O–H groups in total. The molecule has 3 nitrogen and oxygen atoms in total. The van der Waals surface area contributed by atoms with Crippen LogP contribution in [-0.4, -0.2) is 24.0 Å². The van der Waals surface area contributed by atoms with Gasteiger partial charge in [-0.3, -0.25) is 4.90 Å². The lowest BCUT2D eigenvalue weighted by atomic mass is 10.1. The van der Waals surface area contributed by atoms with Crippen LogP contribution in [0.2, 0.25) is 0 Å². The first-order chi connectivity index (χ1) is 9.20. The fourth-order valence-electron chi connectivity index (χ4n) is 3.51. The van der Waals surface area contributed by atoms with Crippen LogP contribution in [0.25, 0.3) is 0 Å². The minimum Gasteiger partial charge on any atom is -0.463 e. The summed E-state index contributed by atoms with van der Waals surface area (Å²) < 4.78 is 5.93. The second-order valence-electron chi connectivity index (χ2n) is 6.66. The van der Waals surface area contributed by atoms with E-state index in [-0.39, 0.29) is 0 Å². The van der Waals surface area contributed by atoms with Gasteiger partial charge in [-0.05, 0) is 49.8 Å². The highest BCUT2D eigenvalue weighted by Gasteiger charge is 2.37. The van der Waals surface area contributed by atoms with E-state index in [4.69, 9.17) is 4.42 Å². The minimum absolute atomic E-state index is 0.689. The fourth-order valence-corrected chi connectivity index (χ4v) is 3.51. The second kappa shape index (κ2) is 5.68. The molecular formula is C16H26N2O. The molecule has 106 valence electrons. The van der Waals surface area contributed by atoms with Gasteiger partial charge in [-0.25, -0.2) is 0 Å². The highest BCUT2D eigenvalue weighted by Crippen LogP contribution is 2.38. The highest BCUT2D eigenvalue weighted by molar-refractivity contribution is 5.08. The summed E-state index contributed by atoms with van der Waals surface area (Å²) in [6.45, 7) is 8.64. The summed E-state index contributed by atoms with van der Waals surface area (Å²) in [5.74, 6) is 3.86. The number of rotatable bonds is 6. The zero-order valence-corrected chi connectivity index (χ0v) is 12.2. The summed E-state index contributed by atoms with van der Waals surface area (Å²) >= 11 is 0. The van der Waals surface area contributed by atoms with Crippen molar-refractivity contribution in [3.8, 4) is 0 Å². The molecule has 1 saturated heterocycles. The molecule has 1 saturated carbocycles. The van der Waals surface area contributed by atoms with Gasteiger partial charge in [0.2, 0.25) is 0 Å².